The van der Waals surface area contributed by atoms with Crippen molar-refractivity contribution in [2.24, 2.45) is 11.3 Å². The first-order valence-electron chi connectivity index (χ1n) is 6.89. The lowest BCUT2D eigenvalue weighted by atomic mass is 9.67. The number of carboxylic acid groups (broad SMARTS) is 1. The lowest BCUT2D eigenvalue weighted by molar-refractivity contribution is -0.142. The van der Waals surface area contributed by atoms with Crippen molar-refractivity contribution in [2.45, 2.75) is 65.3 Å². The van der Waals surface area contributed by atoms with E-state index in [2.05, 4.69) is 19.2 Å². The fourth-order valence-electron chi connectivity index (χ4n) is 2.76. The second kappa shape index (κ2) is 6.21. The van der Waals surface area contributed by atoms with Gasteiger partial charge in [0, 0.05) is 6.42 Å². The quantitative estimate of drug-likeness (QED) is 0.793. The fourth-order valence-corrected chi connectivity index (χ4v) is 2.76. The zero-order valence-electron chi connectivity index (χ0n) is 11.7. The Labute approximate surface area is 109 Å². The smallest absolute Gasteiger partial charge is 0.326 e. The summed E-state index contributed by atoms with van der Waals surface area (Å²) in [5.74, 6) is -0.699. The predicted octanol–water partition coefficient (Wildman–Crippen LogP) is 2.57. The Hall–Kier alpha value is -1.06. The highest BCUT2D eigenvalue weighted by atomic mass is 16.4. The highest BCUT2D eigenvalue weighted by Crippen LogP contribution is 2.42. The van der Waals surface area contributed by atoms with Crippen molar-refractivity contribution < 1.29 is 14.7 Å². The molecule has 4 nitrogen and oxygen atoms in total. The van der Waals surface area contributed by atoms with Gasteiger partial charge in [-0.05, 0) is 30.6 Å². The van der Waals surface area contributed by atoms with Gasteiger partial charge in [0.2, 0.25) is 5.91 Å². The summed E-state index contributed by atoms with van der Waals surface area (Å²) < 4.78 is 0. The lowest BCUT2D eigenvalue weighted by Gasteiger charge is -2.38. The third kappa shape index (κ3) is 4.00. The van der Waals surface area contributed by atoms with E-state index in [4.69, 9.17) is 5.11 Å². The van der Waals surface area contributed by atoms with Gasteiger partial charge in [0.15, 0.2) is 0 Å². The number of hydrogen-bond acceptors (Lipinski definition) is 2. The molecule has 4 heteroatoms. The SMILES string of the molecule is CCC(NC(=O)CC1CCCCC1(C)C)C(=O)O. The topological polar surface area (TPSA) is 66.4 Å². The van der Waals surface area contributed by atoms with Crippen LogP contribution in [0.2, 0.25) is 0 Å². The molecule has 0 spiro atoms. The number of amides is 1. The van der Waals surface area contributed by atoms with Crippen LogP contribution in [0.3, 0.4) is 0 Å². The third-order valence-corrected chi connectivity index (χ3v) is 4.20. The Morgan fingerprint density at radius 2 is 2.06 bits per heavy atom. The molecule has 0 heterocycles. The number of carbonyl (C=O) groups is 2. The van der Waals surface area contributed by atoms with Crippen LogP contribution in [0.1, 0.15) is 59.3 Å². The van der Waals surface area contributed by atoms with E-state index in [1.807, 2.05) is 0 Å². The fraction of sp³-hybridized carbons (Fsp3) is 0.857. The summed E-state index contributed by atoms with van der Waals surface area (Å²) in [4.78, 5) is 22.8. The van der Waals surface area contributed by atoms with Crippen molar-refractivity contribution in [1.29, 1.82) is 0 Å². The molecule has 1 aliphatic rings. The van der Waals surface area contributed by atoms with E-state index in [0.29, 0.717) is 18.8 Å². The molecule has 0 aromatic rings. The van der Waals surface area contributed by atoms with Crippen LogP contribution in [0.4, 0.5) is 0 Å². The van der Waals surface area contributed by atoms with Gasteiger partial charge in [-0.2, -0.15) is 0 Å². The van der Waals surface area contributed by atoms with Crippen molar-refractivity contribution in [3.8, 4) is 0 Å². The number of aliphatic carboxylic acids is 1. The summed E-state index contributed by atoms with van der Waals surface area (Å²) >= 11 is 0. The van der Waals surface area contributed by atoms with Gasteiger partial charge < -0.3 is 10.4 Å². The number of rotatable bonds is 5. The third-order valence-electron chi connectivity index (χ3n) is 4.20. The molecule has 2 unspecified atom stereocenters. The molecule has 1 amide bonds. The molecule has 0 saturated heterocycles. The summed E-state index contributed by atoms with van der Waals surface area (Å²) in [7, 11) is 0. The van der Waals surface area contributed by atoms with Gasteiger partial charge >= 0.3 is 5.97 Å². The van der Waals surface area contributed by atoms with Gasteiger partial charge in [-0.25, -0.2) is 4.79 Å². The molecule has 0 radical (unpaired) electrons. The number of carbonyl (C=O) groups excluding carboxylic acids is 1. The summed E-state index contributed by atoms with van der Waals surface area (Å²) in [6.07, 6.45) is 5.52. The molecule has 18 heavy (non-hydrogen) atoms. The van der Waals surface area contributed by atoms with Crippen LogP contribution >= 0.6 is 0 Å². The molecule has 104 valence electrons. The molecule has 0 aromatic carbocycles. The van der Waals surface area contributed by atoms with E-state index in [9.17, 15) is 9.59 Å². The number of nitrogens with one attached hydrogen (secondary N) is 1. The van der Waals surface area contributed by atoms with Crippen LogP contribution in [-0.4, -0.2) is 23.0 Å². The molecule has 1 fully saturated rings. The van der Waals surface area contributed by atoms with Crippen LogP contribution in [0.15, 0.2) is 0 Å². The van der Waals surface area contributed by atoms with Gasteiger partial charge in [-0.1, -0.05) is 33.6 Å². The van der Waals surface area contributed by atoms with Crippen molar-refractivity contribution in [2.75, 3.05) is 0 Å². The predicted molar refractivity (Wildman–Crippen MR) is 70.2 cm³/mol. The number of carboxylic acids is 1. The van der Waals surface area contributed by atoms with E-state index in [1.165, 1.54) is 12.8 Å². The zero-order chi connectivity index (χ0) is 13.8. The van der Waals surface area contributed by atoms with Gasteiger partial charge in [0.05, 0.1) is 0 Å². The molecule has 1 rings (SSSR count). The first-order valence-corrected chi connectivity index (χ1v) is 6.89. The normalized spacial score (nSPS) is 24.3. The molecule has 0 aromatic heterocycles. The van der Waals surface area contributed by atoms with E-state index in [0.717, 1.165) is 12.8 Å². The van der Waals surface area contributed by atoms with Crippen molar-refractivity contribution in [3.63, 3.8) is 0 Å². The van der Waals surface area contributed by atoms with Gasteiger partial charge in [0.25, 0.3) is 0 Å². The Balaban J connectivity index is 2.51. The zero-order valence-corrected chi connectivity index (χ0v) is 11.7. The molecular formula is C14H25NO3. The first kappa shape index (κ1) is 15.0. The van der Waals surface area contributed by atoms with E-state index >= 15 is 0 Å². The largest absolute Gasteiger partial charge is 0.480 e. The van der Waals surface area contributed by atoms with E-state index < -0.39 is 12.0 Å². The van der Waals surface area contributed by atoms with Gasteiger partial charge in [-0.3, -0.25) is 4.79 Å². The maximum absolute atomic E-state index is 11.9. The lowest BCUT2D eigenvalue weighted by Crippen LogP contribution is -2.42. The summed E-state index contributed by atoms with van der Waals surface area (Å²) in [5.41, 5.74) is 0.195. The molecule has 0 aliphatic heterocycles. The van der Waals surface area contributed by atoms with Crippen LogP contribution in [-0.2, 0) is 9.59 Å². The minimum Gasteiger partial charge on any atom is -0.480 e. The molecule has 1 saturated carbocycles. The monoisotopic (exact) mass is 255 g/mol. The average molecular weight is 255 g/mol. The second-order valence-corrected chi connectivity index (χ2v) is 6.00. The summed E-state index contributed by atoms with van der Waals surface area (Å²) in [6.45, 7) is 6.18. The van der Waals surface area contributed by atoms with Crippen LogP contribution < -0.4 is 5.32 Å². The molecule has 2 atom stereocenters. The Morgan fingerprint density at radius 1 is 1.39 bits per heavy atom. The Morgan fingerprint density at radius 3 is 2.56 bits per heavy atom. The molecule has 0 bridgehead atoms. The molecule has 2 N–H and O–H groups in total. The molecule has 1 aliphatic carbocycles. The average Bonchev–Trinajstić information content (AvgIpc) is 2.28. The Bertz CT molecular complexity index is 312. The van der Waals surface area contributed by atoms with Crippen LogP contribution in [0.5, 0.6) is 0 Å². The van der Waals surface area contributed by atoms with Crippen molar-refractivity contribution in [1.82, 2.24) is 5.32 Å². The van der Waals surface area contributed by atoms with Crippen molar-refractivity contribution in [3.05, 3.63) is 0 Å². The Kier molecular flexibility index (Phi) is 5.17. The van der Waals surface area contributed by atoms with E-state index in [1.54, 1.807) is 6.92 Å². The highest BCUT2D eigenvalue weighted by molar-refractivity contribution is 5.83. The van der Waals surface area contributed by atoms with Gasteiger partial charge in [-0.15, -0.1) is 0 Å². The maximum atomic E-state index is 11.9. The molecular weight excluding hydrogens is 230 g/mol. The highest BCUT2D eigenvalue weighted by Gasteiger charge is 2.33. The first-order chi connectivity index (χ1) is 8.36. The van der Waals surface area contributed by atoms with E-state index in [-0.39, 0.29) is 11.3 Å². The van der Waals surface area contributed by atoms with Crippen molar-refractivity contribution >= 4 is 11.9 Å². The van der Waals surface area contributed by atoms with Crippen LogP contribution in [0, 0.1) is 11.3 Å². The summed E-state index contributed by atoms with van der Waals surface area (Å²) in [6, 6.07) is -0.746. The van der Waals surface area contributed by atoms with Crippen LogP contribution in [0.25, 0.3) is 0 Å². The minimum atomic E-state index is -0.950. The van der Waals surface area contributed by atoms with Gasteiger partial charge in [0.1, 0.15) is 6.04 Å². The second-order valence-electron chi connectivity index (χ2n) is 6.00. The minimum absolute atomic E-state index is 0.121. The maximum Gasteiger partial charge on any atom is 0.326 e. The standard InChI is InChI=1S/C14H25NO3/c1-4-11(13(17)18)15-12(16)9-10-7-5-6-8-14(10,2)3/h10-11H,4-9H2,1-3H3,(H,15,16)(H,17,18). The summed E-state index contributed by atoms with van der Waals surface area (Å²) in [5, 5.41) is 11.5. The number of hydrogen-bond donors (Lipinski definition) is 2.